The minimum Gasteiger partial charge on any atom is -0.387 e. The largest absolute Gasteiger partial charge is 0.387 e. The minimum atomic E-state index is -2.29. The number of ketones is 2. The topological polar surface area (TPSA) is 152 Å². The fourth-order valence-electron chi connectivity index (χ4n) is 1.92. The second kappa shape index (κ2) is 7.55. The third-order valence-electron chi connectivity index (χ3n) is 2.82. The summed E-state index contributed by atoms with van der Waals surface area (Å²) in [4.78, 5) is 32.5. The first kappa shape index (κ1) is 18.8. The van der Waals surface area contributed by atoms with Crippen molar-refractivity contribution in [2.24, 2.45) is 0 Å². The predicted molar refractivity (Wildman–Crippen MR) is 65.6 cm³/mol. The molecule has 0 aromatic rings. The van der Waals surface area contributed by atoms with Gasteiger partial charge in [-0.3, -0.25) is 9.59 Å². The van der Waals surface area contributed by atoms with Gasteiger partial charge in [-0.2, -0.15) is 0 Å². The molecule has 0 spiro atoms. The van der Waals surface area contributed by atoms with Gasteiger partial charge in [0.15, 0.2) is 6.29 Å². The maximum absolute atomic E-state index is 11.1. The minimum absolute atomic E-state index is 0.0599. The lowest BCUT2D eigenvalue weighted by Gasteiger charge is -2.36. The van der Waals surface area contributed by atoms with Crippen molar-refractivity contribution in [1.29, 1.82) is 0 Å². The van der Waals surface area contributed by atoms with E-state index in [4.69, 9.17) is 5.11 Å². The molecule has 0 heterocycles. The van der Waals surface area contributed by atoms with E-state index >= 15 is 0 Å². The number of aliphatic hydroxyl groups excluding tert-OH is 4. The molecule has 116 valence electrons. The second-order valence-electron chi connectivity index (χ2n) is 4.91. The molecule has 0 saturated carbocycles. The van der Waals surface area contributed by atoms with E-state index in [1.807, 2.05) is 0 Å². The summed E-state index contributed by atoms with van der Waals surface area (Å²) in [5, 5.41) is 48.2. The highest BCUT2D eigenvalue weighted by Crippen LogP contribution is 2.25. The Hall–Kier alpha value is -1.19. The molecule has 0 rings (SSSR count). The highest BCUT2D eigenvalue weighted by Gasteiger charge is 2.45. The van der Waals surface area contributed by atoms with Crippen LogP contribution in [-0.4, -0.2) is 73.4 Å². The van der Waals surface area contributed by atoms with Crippen LogP contribution in [-0.2, 0) is 14.4 Å². The van der Waals surface area contributed by atoms with Crippen molar-refractivity contribution in [2.75, 3.05) is 0 Å². The highest BCUT2D eigenvalue weighted by atomic mass is 16.4. The van der Waals surface area contributed by atoms with Crippen LogP contribution in [0, 0.1) is 0 Å². The van der Waals surface area contributed by atoms with Gasteiger partial charge in [-0.15, -0.1) is 0 Å². The summed E-state index contributed by atoms with van der Waals surface area (Å²) in [5.41, 5.74) is -2.29. The Morgan fingerprint density at radius 1 is 1.00 bits per heavy atom. The first-order valence-electron chi connectivity index (χ1n) is 5.94. The average Bonchev–Trinajstić information content (AvgIpc) is 2.32. The van der Waals surface area contributed by atoms with E-state index in [2.05, 4.69) is 0 Å². The second-order valence-corrected chi connectivity index (χ2v) is 4.91. The molecule has 0 radical (unpaired) electrons. The van der Waals surface area contributed by atoms with Crippen LogP contribution in [0.3, 0.4) is 0 Å². The molecule has 0 saturated heterocycles. The molecule has 8 nitrogen and oxygen atoms in total. The number of hydrogen-bond donors (Lipinski definition) is 5. The van der Waals surface area contributed by atoms with E-state index in [0.717, 1.165) is 13.8 Å². The van der Waals surface area contributed by atoms with Crippen molar-refractivity contribution in [2.45, 2.75) is 56.7 Å². The maximum Gasteiger partial charge on any atom is 0.151 e. The summed E-state index contributed by atoms with van der Waals surface area (Å²) >= 11 is 0. The first-order chi connectivity index (χ1) is 9.05. The monoisotopic (exact) mass is 292 g/mol. The molecule has 0 aliphatic rings. The number of Topliss-reactive ketones (excluding diaryl/α,β-unsaturated/α-hetero) is 2. The zero-order valence-electron chi connectivity index (χ0n) is 11.3. The highest BCUT2D eigenvalue weighted by molar-refractivity contribution is 5.80. The van der Waals surface area contributed by atoms with Crippen molar-refractivity contribution in [3.8, 4) is 0 Å². The molecule has 0 aromatic carbocycles. The van der Waals surface area contributed by atoms with Gasteiger partial charge in [0.2, 0.25) is 0 Å². The Morgan fingerprint density at radius 2 is 1.40 bits per heavy atom. The Morgan fingerprint density at radius 3 is 1.70 bits per heavy atom. The SMILES string of the molecule is CC(=O)CC(O)(CC(C)=O)[C@@H](O)[C@H](O)[C@H](O)[C@@H](O)C=O. The summed E-state index contributed by atoms with van der Waals surface area (Å²) in [5.74, 6) is -1.10. The van der Waals surface area contributed by atoms with Gasteiger partial charge in [-0.25, -0.2) is 0 Å². The summed E-state index contributed by atoms with van der Waals surface area (Å²) < 4.78 is 0. The van der Waals surface area contributed by atoms with Gasteiger partial charge in [-0.05, 0) is 13.8 Å². The van der Waals surface area contributed by atoms with E-state index in [9.17, 15) is 34.8 Å². The van der Waals surface area contributed by atoms with Gasteiger partial charge < -0.3 is 30.3 Å². The molecule has 0 aromatic heterocycles. The third kappa shape index (κ3) is 5.06. The number of hydrogen-bond acceptors (Lipinski definition) is 8. The van der Waals surface area contributed by atoms with Crippen LogP contribution in [0.25, 0.3) is 0 Å². The van der Waals surface area contributed by atoms with Crippen LogP contribution in [0.2, 0.25) is 0 Å². The first-order valence-corrected chi connectivity index (χ1v) is 5.94. The quantitative estimate of drug-likeness (QED) is 0.288. The van der Waals surface area contributed by atoms with Crippen LogP contribution in [0.15, 0.2) is 0 Å². The van der Waals surface area contributed by atoms with Crippen molar-refractivity contribution in [1.82, 2.24) is 0 Å². The van der Waals surface area contributed by atoms with E-state index in [1.165, 1.54) is 0 Å². The molecular formula is C12H20O8. The van der Waals surface area contributed by atoms with E-state index < -0.39 is 54.4 Å². The number of carbonyl (C=O) groups is 3. The van der Waals surface area contributed by atoms with Gasteiger partial charge in [0.25, 0.3) is 0 Å². The lowest BCUT2D eigenvalue weighted by molar-refractivity contribution is -0.177. The maximum atomic E-state index is 11.1. The van der Waals surface area contributed by atoms with Crippen LogP contribution in [0.5, 0.6) is 0 Å². The summed E-state index contributed by atoms with van der Waals surface area (Å²) in [6.07, 6.45) is -9.57. The van der Waals surface area contributed by atoms with Crippen LogP contribution in [0.1, 0.15) is 26.7 Å². The smallest absolute Gasteiger partial charge is 0.151 e. The molecule has 0 fully saturated rings. The van der Waals surface area contributed by atoms with Crippen LogP contribution >= 0.6 is 0 Å². The van der Waals surface area contributed by atoms with Gasteiger partial charge in [0.05, 0.1) is 0 Å². The zero-order chi connectivity index (χ0) is 16.1. The zero-order valence-corrected chi connectivity index (χ0v) is 11.3. The Kier molecular flexibility index (Phi) is 7.11. The number of carbonyl (C=O) groups excluding carboxylic acids is 3. The Labute approximate surface area is 115 Å². The van der Waals surface area contributed by atoms with Crippen molar-refractivity contribution >= 4 is 17.9 Å². The molecule has 5 N–H and O–H groups in total. The number of aliphatic hydroxyl groups is 5. The Balaban J connectivity index is 5.20. The normalized spacial score (nSPS) is 17.9. The number of aldehydes is 1. The lowest BCUT2D eigenvalue weighted by Crippen LogP contribution is -2.56. The van der Waals surface area contributed by atoms with E-state index in [1.54, 1.807) is 0 Å². The van der Waals surface area contributed by atoms with Gasteiger partial charge in [0.1, 0.15) is 41.6 Å². The van der Waals surface area contributed by atoms with Gasteiger partial charge in [0, 0.05) is 12.8 Å². The lowest BCUT2D eigenvalue weighted by atomic mass is 9.81. The molecule has 4 atom stereocenters. The van der Waals surface area contributed by atoms with Gasteiger partial charge >= 0.3 is 0 Å². The standard InChI is InChI=1S/C12H20O8/c1-6(14)3-12(20,4-7(2)15)11(19)10(18)9(17)8(16)5-13/h5,8-11,16-20H,3-4H2,1-2H3/t8-,9+,10+,11-/m0/s1. The molecule has 0 aliphatic heterocycles. The molecule has 8 heteroatoms. The number of rotatable bonds is 9. The Bertz CT molecular complexity index is 350. The summed E-state index contributed by atoms with van der Waals surface area (Å²) in [6.45, 7) is 2.22. The fourth-order valence-corrected chi connectivity index (χ4v) is 1.92. The van der Waals surface area contributed by atoms with Gasteiger partial charge in [-0.1, -0.05) is 0 Å². The van der Waals surface area contributed by atoms with Crippen molar-refractivity contribution in [3.63, 3.8) is 0 Å². The van der Waals surface area contributed by atoms with E-state index in [-0.39, 0.29) is 6.29 Å². The third-order valence-corrected chi connectivity index (χ3v) is 2.82. The van der Waals surface area contributed by atoms with Crippen LogP contribution in [0.4, 0.5) is 0 Å². The fraction of sp³-hybridized carbons (Fsp3) is 0.750. The van der Waals surface area contributed by atoms with E-state index in [0.29, 0.717) is 0 Å². The average molecular weight is 292 g/mol. The molecule has 0 unspecified atom stereocenters. The van der Waals surface area contributed by atoms with Crippen LogP contribution < -0.4 is 0 Å². The molecule has 20 heavy (non-hydrogen) atoms. The summed E-state index contributed by atoms with van der Waals surface area (Å²) in [6, 6.07) is 0. The molecule has 0 amide bonds. The molecule has 0 bridgehead atoms. The van der Waals surface area contributed by atoms with Crippen molar-refractivity contribution in [3.05, 3.63) is 0 Å². The molecule has 0 aliphatic carbocycles. The predicted octanol–water partition coefficient (Wildman–Crippen LogP) is -2.68. The molecular weight excluding hydrogens is 272 g/mol. The summed E-state index contributed by atoms with van der Waals surface area (Å²) in [7, 11) is 0. The van der Waals surface area contributed by atoms with Crippen molar-refractivity contribution < 1.29 is 39.9 Å².